The average Bonchev–Trinajstić information content (AvgIpc) is 2.98. The number of anilines is 1. The van der Waals surface area contributed by atoms with Crippen molar-refractivity contribution in [2.45, 2.75) is 12.5 Å². The second-order valence-electron chi connectivity index (χ2n) is 5.03. The van der Waals surface area contributed by atoms with Crippen LogP contribution in [0, 0.1) is 5.92 Å². The summed E-state index contributed by atoms with van der Waals surface area (Å²) in [5, 5.41) is 3.39. The van der Waals surface area contributed by atoms with Crippen molar-refractivity contribution in [1.82, 2.24) is 5.32 Å². The number of likely N-dealkylation sites (N-methyl/N-ethyl adjacent to an activating group) is 1. The van der Waals surface area contributed by atoms with E-state index in [1.165, 1.54) is 0 Å². The zero-order valence-corrected chi connectivity index (χ0v) is 10.6. The average molecular weight is 246 g/mol. The normalized spacial score (nSPS) is 26.7. The molecule has 0 bridgehead atoms. The number of ether oxygens (including phenoxy) is 1. The van der Waals surface area contributed by atoms with E-state index in [1.54, 1.807) is 4.90 Å². The molecule has 96 valence electrons. The molecule has 0 aliphatic carbocycles. The van der Waals surface area contributed by atoms with Gasteiger partial charge in [0, 0.05) is 31.5 Å². The van der Waals surface area contributed by atoms with Crippen LogP contribution in [0.1, 0.15) is 18.0 Å². The largest absolute Gasteiger partial charge is 0.381 e. The number of para-hydroxylation sites is 1. The molecule has 1 N–H and O–H groups in total. The summed E-state index contributed by atoms with van der Waals surface area (Å²) < 4.78 is 5.35. The van der Waals surface area contributed by atoms with Crippen molar-refractivity contribution in [3.8, 4) is 0 Å². The molecule has 0 spiro atoms. The van der Waals surface area contributed by atoms with Crippen LogP contribution in [0.5, 0.6) is 0 Å². The number of nitrogens with zero attached hydrogens (tertiary/aromatic N) is 1. The first-order chi connectivity index (χ1) is 8.77. The van der Waals surface area contributed by atoms with Crippen LogP contribution in [0.25, 0.3) is 0 Å². The molecule has 2 atom stereocenters. The van der Waals surface area contributed by atoms with E-state index in [0.717, 1.165) is 37.4 Å². The summed E-state index contributed by atoms with van der Waals surface area (Å²) in [5.74, 6) is 0.672. The number of hydrogen-bond donors (Lipinski definition) is 1. The summed E-state index contributed by atoms with van der Waals surface area (Å²) in [7, 11) is 1.83. The van der Waals surface area contributed by atoms with Gasteiger partial charge in [0.25, 0.3) is 0 Å². The molecule has 2 heterocycles. The summed E-state index contributed by atoms with van der Waals surface area (Å²) in [6.07, 6.45) is 1.09. The first-order valence-electron chi connectivity index (χ1n) is 6.45. The van der Waals surface area contributed by atoms with Crippen LogP contribution in [0.3, 0.4) is 0 Å². The van der Waals surface area contributed by atoms with E-state index in [1.807, 2.05) is 31.3 Å². The van der Waals surface area contributed by atoms with Crippen molar-refractivity contribution in [2.24, 2.45) is 5.92 Å². The standard InChI is InChI=1S/C14H18N2O2/c1-16-12-5-3-2-4-11(12)13(14(16)17)15-8-10-6-7-18-9-10/h2-5,10,13,15H,6-9H2,1H3. The lowest BCUT2D eigenvalue weighted by atomic mass is 10.1. The molecule has 0 aromatic heterocycles. The Morgan fingerprint density at radius 1 is 1.44 bits per heavy atom. The van der Waals surface area contributed by atoms with Gasteiger partial charge in [0.2, 0.25) is 5.91 Å². The Labute approximate surface area is 107 Å². The van der Waals surface area contributed by atoms with Gasteiger partial charge in [-0.3, -0.25) is 4.79 Å². The van der Waals surface area contributed by atoms with E-state index in [9.17, 15) is 4.79 Å². The first kappa shape index (κ1) is 11.7. The predicted octanol–water partition coefficient (Wildman–Crippen LogP) is 1.33. The Morgan fingerprint density at radius 2 is 2.28 bits per heavy atom. The first-order valence-corrected chi connectivity index (χ1v) is 6.45. The monoisotopic (exact) mass is 246 g/mol. The third-order valence-corrected chi connectivity index (χ3v) is 3.82. The van der Waals surface area contributed by atoms with Crippen LogP contribution in [-0.4, -0.2) is 32.7 Å². The number of carbonyl (C=O) groups is 1. The van der Waals surface area contributed by atoms with Crippen molar-refractivity contribution >= 4 is 11.6 Å². The molecule has 1 fully saturated rings. The Kier molecular flexibility index (Phi) is 3.06. The fourth-order valence-electron chi connectivity index (χ4n) is 2.71. The van der Waals surface area contributed by atoms with Gasteiger partial charge in [-0.05, 0) is 18.4 Å². The van der Waals surface area contributed by atoms with Crippen LogP contribution >= 0.6 is 0 Å². The van der Waals surface area contributed by atoms with Gasteiger partial charge < -0.3 is 15.0 Å². The number of rotatable bonds is 3. The highest BCUT2D eigenvalue weighted by atomic mass is 16.5. The number of fused-ring (bicyclic) bond motifs is 1. The molecular formula is C14H18N2O2. The summed E-state index contributed by atoms with van der Waals surface area (Å²) in [5.41, 5.74) is 2.10. The topological polar surface area (TPSA) is 41.6 Å². The van der Waals surface area contributed by atoms with Crippen molar-refractivity contribution in [2.75, 3.05) is 31.7 Å². The molecule has 0 radical (unpaired) electrons. The minimum Gasteiger partial charge on any atom is -0.381 e. The Hall–Kier alpha value is -1.39. The number of benzene rings is 1. The van der Waals surface area contributed by atoms with Gasteiger partial charge in [-0.1, -0.05) is 18.2 Å². The molecule has 4 heteroatoms. The molecule has 2 unspecified atom stereocenters. The maximum atomic E-state index is 12.2. The van der Waals surface area contributed by atoms with Gasteiger partial charge in [-0.2, -0.15) is 0 Å². The summed E-state index contributed by atoms with van der Waals surface area (Å²) in [6.45, 7) is 2.51. The highest BCUT2D eigenvalue weighted by molar-refractivity contribution is 6.04. The van der Waals surface area contributed by atoms with Gasteiger partial charge in [0.05, 0.1) is 6.61 Å². The van der Waals surface area contributed by atoms with Crippen LogP contribution < -0.4 is 10.2 Å². The third-order valence-electron chi connectivity index (χ3n) is 3.82. The van der Waals surface area contributed by atoms with Crippen molar-refractivity contribution < 1.29 is 9.53 Å². The zero-order valence-electron chi connectivity index (χ0n) is 10.6. The molecule has 1 aromatic rings. The molecular weight excluding hydrogens is 228 g/mol. The second-order valence-corrected chi connectivity index (χ2v) is 5.03. The highest BCUT2D eigenvalue weighted by Gasteiger charge is 2.34. The Morgan fingerprint density at radius 3 is 3.06 bits per heavy atom. The van der Waals surface area contributed by atoms with E-state index < -0.39 is 0 Å². The lowest BCUT2D eigenvalue weighted by molar-refractivity contribution is -0.119. The molecule has 18 heavy (non-hydrogen) atoms. The van der Waals surface area contributed by atoms with Gasteiger partial charge >= 0.3 is 0 Å². The molecule has 1 amide bonds. The molecule has 1 aromatic carbocycles. The Bertz CT molecular complexity index is 455. The van der Waals surface area contributed by atoms with Gasteiger partial charge in [-0.25, -0.2) is 0 Å². The van der Waals surface area contributed by atoms with Crippen molar-refractivity contribution in [3.63, 3.8) is 0 Å². The zero-order chi connectivity index (χ0) is 12.5. The SMILES string of the molecule is CN1C(=O)C(NCC2CCOC2)c2ccccc21. The molecule has 2 aliphatic rings. The molecule has 2 aliphatic heterocycles. The molecule has 4 nitrogen and oxygen atoms in total. The fourth-order valence-corrected chi connectivity index (χ4v) is 2.71. The predicted molar refractivity (Wildman–Crippen MR) is 69.5 cm³/mol. The highest BCUT2D eigenvalue weighted by Crippen LogP contribution is 2.34. The smallest absolute Gasteiger partial charge is 0.248 e. The second kappa shape index (κ2) is 4.71. The van der Waals surface area contributed by atoms with E-state index in [2.05, 4.69) is 5.32 Å². The van der Waals surface area contributed by atoms with Crippen molar-refractivity contribution in [1.29, 1.82) is 0 Å². The Balaban J connectivity index is 1.73. The van der Waals surface area contributed by atoms with E-state index >= 15 is 0 Å². The lowest BCUT2D eigenvalue weighted by Crippen LogP contribution is -2.35. The third kappa shape index (κ3) is 1.91. The quantitative estimate of drug-likeness (QED) is 0.875. The van der Waals surface area contributed by atoms with Crippen molar-refractivity contribution in [3.05, 3.63) is 29.8 Å². The van der Waals surface area contributed by atoms with Crippen LogP contribution in [0.2, 0.25) is 0 Å². The van der Waals surface area contributed by atoms with Crippen LogP contribution in [0.4, 0.5) is 5.69 Å². The fraction of sp³-hybridized carbons (Fsp3) is 0.500. The lowest BCUT2D eigenvalue weighted by Gasteiger charge is -2.15. The number of carbonyl (C=O) groups excluding carboxylic acids is 1. The molecule has 1 saturated heterocycles. The number of hydrogen-bond acceptors (Lipinski definition) is 3. The van der Waals surface area contributed by atoms with Gasteiger partial charge in [0.15, 0.2) is 0 Å². The summed E-state index contributed by atoms with van der Waals surface area (Å²) in [4.78, 5) is 13.9. The minimum absolute atomic E-state index is 0.134. The maximum Gasteiger partial charge on any atom is 0.248 e. The van der Waals surface area contributed by atoms with E-state index in [4.69, 9.17) is 4.74 Å². The number of amides is 1. The minimum atomic E-state index is -0.188. The van der Waals surface area contributed by atoms with Gasteiger partial charge in [-0.15, -0.1) is 0 Å². The van der Waals surface area contributed by atoms with Gasteiger partial charge in [0.1, 0.15) is 6.04 Å². The summed E-state index contributed by atoms with van der Waals surface area (Å²) in [6, 6.07) is 7.79. The molecule has 0 saturated carbocycles. The van der Waals surface area contributed by atoms with E-state index in [0.29, 0.717) is 5.92 Å². The maximum absolute atomic E-state index is 12.2. The summed E-state index contributed by atoms with van der Waals surface area (Å²) >= 11 is 0. The van der Waals surface area contributed by atoms with E-state index in [-0.39, 0.29) is 11.9 Å². The molecule has 3 rings (SSSR count). The van der Waals surface area contributed by atoms with Crippen LogP contribution in [0.15, 0.2) is 24.3 Å². The number of nitrogens with one attached hydrogen (secondary N) is 1. The van der Waals surface area contributed by atoms with Crippen LogP contribution in [-0.2, 0) is 9.53 Å².